The van der Waals surface area contributed by atoms with Gasteiger partial charge in [0.05, 0.1) is 4.91 Å². The first-order chi connectivity index (χ1) is 17.4. The summed E-state index contributed by atoms with van der Waals surface area (Å²) in [6.45, 7) is 2.21. The molecule has 4 aromatic rings. The van der Waals surface area contributed by atoms with Gasteiger partial charge in [0.15, 0.2) is 0 Å². The normalized spacial score (nSPS) is 14.7. The van der Waals surface area contributed by atoms with Crippen molar-refractivity contribution >= 4 is 63.1 Å². The van der Waals surface area contributed by atoms with Crippen molar-refractivity contribution in [3.05, 3.63) is 106 Å². The number of hydrogen-bond acceptors (Lipinski definition) is 4. The number of fused-ring (bicyclic) bond motifs is 1. The Labute approximate surface area is 217 Å². The van der Waals surface area contributed by atoms with E-state index in [-0.39, 0.29) is 11.4 Å². The van der Waals surface area contributed by atoms with Crippen LogP contribution in [0.1, 0.15) is 16.8 Å². The SMILES string of the molecule is Cc1c(/C=C2\SC(=O)N(CC(=O)Nc3ccccc3)C2=O)c2ccccc2n1Cc1ccccc1Cl. The lowest BCUT2D eigenvalue weighted by Crippen LogP contribution is -2.36. The van der Waals surface area contributed by atoms with Crippen LogP contribution in [0, 0.1) is 6.92 Å². The van der Waals surface area contributed by atoms with E-state index in [0.717, 1.165) is 44.4 Å². The van der Waals surface area contributed by atoms with Crippen LogP contribution >= 0.6 is 23.4 Å². The van der Waals surface area contributed by atoms with Gasteiger partial charge >= 0.3 is 0 Å². The van der Waals surface area contributed by atoms with Gasteiger partial charge in [0.2, 0.25) is 5.91 Å². The summed E-state index contributed by atoms with van der Waals surface area (Å²) in [4.78, 5) is 39.5. The Balaban J connectivity index is 1.44. The molecule has 1 aliphatic heterocycles. The van der Waals surface area contributed by atoms with Gasteiger partial charge in [-0.1, -0.05) is 66.2 Å². The number of nitrogens with zero attached hydrogens (tertiary/aromatic N) is 2. The highest BCUT2D eigenvalue weighted by Crippen LogP contribution is 2.36. The van der Waals surface area contributed by atoms with E-state index in [1.807, 2.05) is 61.5 Å². The van der Waals surface area contributed by atoms with Crippen molar-refractivity contribution < 1.29 is 14.4 Å². The van der Waals surface area contributed by atoms with Gasteiger partial charge in [-0.25, -0.2) is 0 Å². The molecule has 0 aliphatic carbocycles. The second-order valence-electron chi connectivity index (χ2n) is 8.38. The highest BCUT2D eigenvalue weighted by atomic mass is 35.5. The lowest BCUT2D eigenvalue weighted by Gasteiger charge is -2.12. The molecule has 5 rings (SSSR count). The molecule has 0 radical (unpaired) electrons. The predicted octanol–water partition coefficient (Wildman–Crippen LogP) is 6.33. The van der Waals surface area contributed by atoms with E-state index in [2.05, 4.69) is 9.88 Å². The molecule has 2 heterocycles. The Hall–Kier alpha value is -3.81. The number of aromatic nitrogens is 1. The number of amides is 3. The lowest BCUT2D eigenvalue weighted by molar-refractivity contribution is -0.127. The third-order valence-electron chi connectivity index (χ3n) is 6.07. The van der Waals surface area contributed by atoms with E-state index in [4.69, 9.17) is 11.6 Å². The maximum Gasteiger partial charge on any atom is 0.294 e. The standard InChI is InChI=1S/C28H22ClN3O3S/c1-18-22(21-12-6-8-14-24(21)31(18)16-19-9-5-7-13-23(19)29)15-25-27(34)32(28(35)36-25)17-26(33)30-20-10-3-2-4-11-20/h2-15H,16-17H2,1H3,(H,30,33)/b25-15-. The first kappa shape index (κ1) is 23.9. The number of halogens is 1. The summed E-state index contributed by atoms with van der Waals surface area (Å²) in [5.41, 5.74) is 4.40. The quantitative estimate of drug-likeness (QED) is 0.305. The van der Waals surface area contributed by atoms with E-state index in [1.165, 1.54) is 0 Å². The zero-order valence-electron chi connectivity index (χ0n) is 19.4. The Morgan fingerprint density at radius 1 is 0.972 bits per heavy atom. The van der Waals surface area contributed by atoms with E-state index in [9.17, 15) is 14.4 Å². The number of anilines is 1. The van der Waals surface area contributed by atoms with Crippen LogP contribution in [0.2, 0.25) is 5.02 Å². The van der Waals surface area contributed by atoms with Crippen molar-refractivity contribution in [2.45, 2.75) is 13.5 Å². The summed E-state index contributed by atoms with van der Waals surface area (Å²) in [7, 11) is 0. The predicted molar refractivity (Wildman–Crippen MR) is 145 cm³/mol. The second-order valence-corrected chi connectivity index (χ2v) is 9.78. The number of hydrogen-bond donors (Lipinski definition) is 1. The highest BCUT2D eigenvalue weighted by Gasteiger charge is 2.36. The summed E-state index contributed by atoms with van der Waals surface area (Å²) < 4.78 is 2.15. The van der Waals surface area contributed by atoms with Crippen LogP contribution in [0.5, 0.6) is 0 Å². The summed E-state index contributed by atoms with van der Waals surface area (Å²) in [5.74, 6) is -0.909. The summed E-state index contributed by atoms with van der Waals surface area (Å²) in [5, 5.41) is 3.90. The third kappa shape index (κ3) is 4.67. The number of thioether (sulfide) groups is 1. The molecule has 6 nitrogen and oxygen atoms in total. The summed E-state index contributed by atoms with van der Waals surface area (Å²) >= 11 is 7.26. The smallest absolute Gasteiger partial charge is 0.294 e. The van der Waals surface area contributed by atoms with Crippen molar-refractivity contribution in [1.82, 2.24) is 9.47 Å². The molecular weight excluding hydrogens is 494 g/mol. The molecule has 1 aliphatic rings. The van der Waals surface area contributed by atoms with Gasteiger partial charge in [-0.2, -0.15) is 0 Å². The number of para-hydroxylation sites is 2. The fourth-order valence-electron chi connectivity index (χ4n) is 4.27. The van der Waals surface area contributed by atoms with Crippen molar-refractivity contribution in [2.75, 3.05) is 11.9 Å². The molecule has 0 unspecified atom stereocenters. The Morgan fingerprint density at radius 3 is 2.44 bits per heavy atom. The lowest BCUT2D eigenvalue weighted by atomic mass is 10.1. The van der Waals surface area contributed by atoms with Crippen molar-refractivity contribution in [3.8, 4) is 0 Å². The van der Waals surface area contributed by atoms with Crippen LogP contribution in [0.15, 0.2) is 83.8 Å². The Kier molecular flexibility index (Phi) is 6.67. The first-order valence-electron chi connectivity index (χ1n) is 11.3. The van der Waals surface area contributed by atoms with Crippen LogP contribution in [0.25, 0.3) is 17.0 Å². The van der Waals surface area contributed by atoms with E-state index < -0.39 is 17.1 Å². The maximum absolute atomic E-state index is 13.1. The van der Waals surface area contributed by atoms with Gasteiger partial charge in [0, 0.05) is 39.4 Å². The average Bonchev–Trinajstić information content (AvgIpc) is 3.29. The van der Waals surface area contributed by atoms with Gasteiger partial charge in [-0.3, -0.25) is 19.3 Å². The molecule has 0 spiro atoms. The van der Waals surface area contributed by atoms with Gasteiger partial charge in [-0.05, 0) is 54.6 Å². The van der Waals surface area contributed by atoms with Crippen LogP contribution in [-0.4, -0.2) is 33.1 Å². The molecule has 3 aromatic carbocycles. The first-order valence-corrected chi connectivity index (χ1v) is 12.5. The molecule has 180 valence electrons. The minimum Gasteiger partial charge on any atom is -0.340 e. The van der Waals surface area contributed by atoms with Crippen molar-refractivity contribution in [3.63, 3.8) is 0 Å². The molecule has 0 atom stereocenters. The molecular formula is C28H22ClN3O3S. The average molecular weight is 516 g/mol. The number of nitrogens with one attached hydrogen (secondary N) is 1. The van der Waals surface area contributed by atoms with Crippen LogP contribution in [0.3, 0.4) is 0 Å². The zero-order valence-corrected chi connectivity index (χ0v) is 21.0. The van der Waals surface area contributed by atoms with Crippen molar-refractivity contribution in [1.29, 1.82) is 0 Å². The Bertz CT molecular complexity index is 1530. The van der Waals surface area contributed by atoms with Crippen molar-refractivity contribution in [2.24, 2.45) is 0 Å². The monoisotopic (exact) mass is 515 g/mol. The highest BCUT2D eigenvalue weighted by molar-refractivity contribution is 8.18. The zero-order chi connectivity index (χ0) is 25.2. The number of carbonyl (C=O) groups is 3. The Morgan fingerprint density at radius 2 is 1.67 bits per heavy atom. The number of imide groups is 1. The molecule has 1 aromatic heterocycles. The number of carbonyl (C=O) groups excluding carboxylic acids is 3. The minimum absolute atomic E-state index is 0.288. The van der Waals surface area contributed by atoms with Crippen LogP contribution < -0.4 is 5.32 Å². The second kappa shape index (κ2) is 10.0. The van der Waals surface area contributed by atoms with Gasteiger partial charge in [0.1, 0.15) is 6.54 Å². The van der Waals surface area contributed by atoms with Gasteiger partial charge in [-0.15, -0.1) is 0 Å². The topological polar surface area (TPSA) is 71.4 Å². The molecule has 1 N–H and O–H groups in total. The van der Waals surface area contributed by atoms with Gasteiger partial charge < -0.3 is 9.88 Å². The molecule has 1 saturated heterocycles. The largest absolute Gasteiger partial charge is 0.340 e. The molecule has 0 bridgehead atoms. The third-order valence-corrected chi connectivity index (χ3v) is 7.35. The van der Waals surface area contributed by atoms with E-state index >= 15 is 0 Å². The van der Waals surface area contributed by atoms with Gasteiger partial charge in [0.25, 0.3) is 11.1 Å². The fourth-order valence-corrected chi connectivity index (χ4v) is 5.29. The molecule has 0 saturated carbocycles. The maximum atomic E-state index is 13.1. The van der Waals surface area contributed by atoms with Crippen LogP contribution in [0.4, 0.5) is 10.5 Å². The number of rotatable bonds is 6. The number of benzene rings is 3. The molecule has 8 heteroatoms. The minimum atomic E-state index is -0.476. The molecule has 3 amide bonds. The summed E-state index contributed by atoms with van der Waals surface area (Å²) in [6.07, 6.45) is 1.75. The molecule has 1 fully saturated rings. The van der Waals surface area contributed by atoms with E-state index in [1.54, 1.807) is 30.3 Å². The van der Waals surface area contributed by atoms with E-state index in [0.29, 0.717) is 17.3 Å². The summed E-state index contributed by atoms with van der Waals surface area (Å²) in [6, 6.07) is 24.5. The van der Waals surface area contributed by atoms with Crippen LogP contribution in [-0.2, 0) is 16.1 Å². The molecule has 36 heavy (non-hydrogen) atoms. The fraction of sp³-hybridized carbons (Fsp3) is 0.107.